The third-order valence-electron chi connectivity index (χ3n) is 2.36. The Balaban J connectivity index is 2.27. The molecule has 1 aromatic rings. The summed E-state index contributed by atoms with van der Waals surface area (Å²) in [5.74, 6) is -0.852. The number of pyridine rings is 1. The van der Waals surface area contributed by atoms with E-state index in [2.05, 4.69) is 10.3 Å². The number of nitrogens with one attached hydrogen (secondary N) is 1. The maximum Gasteiger partial charge on any atom is 0.317 e. The predicted octanol–water partition coefficient (Wildman–Crippen LogP) is 1.09. The Morgan fingerprint density at radius 2 is 2.06 bits per heavy atom. The van der Waals surface area contributed by atoms with Crippen LogP contribution >= 0.6 is 0 Å². The van der Waals surface area contributed by atoms with Crippen molar-refractivity contribution in [2.45, 2.75) is 19.4 Å². The number of hydrogen-bond donors (Lipinski definition) is 2. The van der Waals surface area contributed by atoms with E-state index in [1.165, 1.54) is 4.90 Å². The van der Waals surface area contributed by atoms with Gasteiger partial charge in [-0.25, -0.2) is 4.79 Å². The predicted molar refractivity (Wildman–Crippen MR) is 66.0 cm³/mol. The van der Waals surface area contributed by atoms with Crippen LogP contribution in [0.1, 0.15) is 18.4 Å². The van der Waals surface area contributed by atoms with Crippen molar-refractivity contribution in [3.63, 3.8) is 0 Å². The largest absolute Gasteiger partial charge is 0.481 e. The zero-order valence-electron chi connectivity index (χ0n) is 10.3. The zero-order chi connectivity index (χ0) is 13.4. The van der Waals surface area contributed by atoms with Gasteiger partial charge >= 0.3 is 12.0 Å². The summed E-state index contributed by atoms with van der Waals surface area (Å²) >= 11 is 0. The number of nitrogens with zero attached hydrogens (tertiary/aromatic N) is 2. The fourth-order valence-electron chi connectivity index (χ4n) is 1.40. The van der Waals surface area contributed by atoms with Crippen LogP contribution in [0.2, 0.25) is 0 Å². The number of carboxylic acid groups (broad SMARTS) is 1. The van der Waals surface area contributed by atoms with Gasteiger partial charge in [0.1, 0.15) is 0 Å². The molecule has 0 saturated heterocycles. The summed E-state index contributed by atoms with van der Waals surface area (Å²) in [6, 6.07) is 3.47. The van der Waals surface area contributed by atoms with E-state index < -0.39 is 5.97 Å². The van der Waals surface area contributed by atoms with Crippen LogP contribution in [0, 0.1) is 0 Å². The third-order valence-corrected chi connectivity index (χ3v) is 2.36. The minimum absolute atomic E-state index is 0.0638. The van der Waals surface area contributed by atoms with Crippen LogP contribution in [-0.2, 0) is 11.3 Å². The van der Waals surface area contributed by atoms with Crippen molar-refractivity contribution >= 4 is 12.0 Å². The molecule has 0 radical (unpaired) electrons. The highest BCUT2D eigenvalue weighted by Gasteiger charge is 2.08. The maximum atomic E-state index is 11.6. The number of urea groups is 1. The smallest absolute Gasteiger partial charge is 0.317 e. The summed E-state index contributed by atoms with van der Waals surface area (Å²) in [6.45, 7) is 0.860. The molecule has 0 aromatic carbocycles. The molecule has 0 unspecified atom stereocenters. The van der Waals surface area contributed by atoms with Crippen LogP contribution in [0.4, 0.5) is 4.79 Å². The lowest BCUT2D eigenvalue weighted by Gasteiger charge is -2.17. The van der Waals surface area contributed by atoms with Gasteiger partial charge in [0.25, 0.3) is 0 Å². The number of carbonyl (C=O) groups is 2. The molecule has 2 amide bonds. The SMILES string of the molecule is CN(Cc1ccncc1)C(=O)NCCCC(=O)O. The maximum absolute atomic E-state index is 11.6. The Labute approximate surface area is 106 Å². The van der Waals surface area contributed by atoms with E-state index in [1.807, 2.05) is 12.1 Å². The molecular weight excluding hydrogens is 234 g/mol. The molecule has 1 heterocycles. The minimum atomic E-state index is -0.852. The second-order valence-corrected chi connectivity index (χ2v) is 3.94. The molecule has 0 saturated carbocycles. The van der Waals surface area contributed by atoms with Gasteiger partial charge in [-0.3, -0.25) is 9.78 Å². The van der Waals surface area contributed by atoms with Gasteiger partial charge in [-0.2, -0.15) is 0 Å². The molecule has 0 aliphatic heterocycles. The minimum Gasteiger partial charge on any atom is -0.481 e. The van der Waals surface area contributed by atoms with Crippen LogP contribution < -0.4 is 5.32 Å². The third kappa shape index (κ3) is 5.29. The lowest BCUT2D eigenvalue weighted by atomic mass is 10.2. The van der Waals surface area contributed by atoms with Gasteiger partial charge in [-0.05, 0) is 24.1 Å². The van der Waals surface area contributed by atoms with E-state index in [-0.39, 0.29) is 12.5 Å². The molecule has 98 valence electrons. The Kier molecular flexibility index (Phi) is 5.63. The van der Waals surface area contributed by atoms with Gasteiger partial charge in [0, 0.05) is 39.0 Å². The van der Waals surface area contributed by atoms with Crippen LogP contribution in [0.3, 0.4) is 0 Å². The van der Waals surface area contributed by atoms with Gasteiger partial charge in [0.2, 0.25) is 0 Å². The first-order valence-electron chi connectivity index (χ1n) is 5.69. The summed E-state index contributed by atoms with van der Waals surface area (Å²) in [5.41, 5.74) is 0.994. The molecule has 0 spiro atoms. The average Bonchev–Trinajstić information content (AvgIpc) is 2.35. The molecule has 0 aliphatic rings. The quantitative estimate of drug-likeness (QED) is 0.741. The molecule has 18 heavy (non-hydrogen) atoms. The Bertz CT molecular complexity index is 395. The normalized spacial score (nSPS) is 9.83. The van der Waals surface area contributed by atoms with E-state index in [4.69, 9.17) is 5.11 Å². The lowest BCUT2D eigenvalue weighted by Crippen LogP contribution is -2.37. The first kappa shape index (κ1) is 14.0. The molecule has 0 bridgehead atoms. The lowest BCUT2D eigenvalue weighted by molar-refractivity contribution is -0.137. The number of aliphatic carboxylic acids is 1. The second kappa shape index (κ2) is 7.26. The molecule has 0 aliphatic carbocycles. The number of carboxylic acids is 1. The fraction of sp³-hybridized carbons (Fsp3) is 0.417. The van der Waals surface area contributed by atoms with E-state index >= 15 is 0 Å². The summed E-state index contributed by atoms with van der Waals surface area (Å²) in [5, 5.41) is 11.1. The topological polar surface area (TPSA) is 82.5 Å². The Hall–Kier alpha value is -2.11. The van der Waals surface area contributed by atoms with Crippen molar-refractivity contribution in [2.75, 3.05) is 13.6 Å². The van der Waals surface area contributed by atoms with Crippen molar-refractivity contribution in [3.05, 3.63) is 30.1 Å². The van der Waals surface area contributed by atoms with E-state index in [0.29, 0.717) is 19.5 Å². The van der Waals surface area contributed by atoms with E-state index in [1.54, 1.807) is 19.4 Å². The number of amides is 2. The Morgan fingerprint density at radius 3 is 2.67 bits per heavy atom. The summed E-state index contributed by atoms with van der Waals surface area (Å²) < 4.78 is 0. The van der Waals surface area contributed by atoms with E-state index in [9.17, 15) is 9.59 Å². The average molecular weight is 251 g/mol. The molecular formula is C12H17N3O3. The summed E-state index contributed by atoms with van der Waals surface area (Å²) in [4.78, 5) is 27.4. The molecule has 1 rings (SSSR count). The van der Waals surface area contributed by atoms with Crippen molar-refractivity contribution in [3.8, 4) is 0 Å². The molecule has 1 aromatic heterocycles. The van der Waals surface area contributed by atoms with E-state index in [0.717, 1.165) is 5.56 Å². The van der Waals surface area contributed by atoms with Crippen LogP contribution in [-0.4, -0.2) is 40.6 Å². The first-order chi connectivity index (χ1) is 8.59. The molecule has 0 fully saturated rings. The summed E-state index contributed by atoms with van der Waals surface area (Å²) in [7, 11) is 1.69. The Morgan fingerprint density at radius 1 is 1.39 bits per heavy atom. The molecule has 6 heteroatoms. The number of rotatable bonds is 6. The number of hydrogen-bond acceptors (Lipinski definition) is 3. The highest BCUT2D eigenvalue weighted by Crippen LogP contribution is 2.01. The standard InChI is InChI=1S/C12H17N3O3/c1-15(9-10-4-7-13-8-5-10)12(18)14-6-2-3-11(16)17/h4-5,7-8H,2-3,6,9H2,1H3,(H,14,18)(H,16,17). The van der Waals surface area contributed by atoms with Crippen molar-refractivity contribution in [2.24, 2.45) is 0 Å². The van der Waals surface area contributed by atoms with Crippen LogP contribution in [0.5, 0.6) is 0 Å². The van der Waals surface area contributed by atoms with Crippen molar-refractivity contribution in [1.82, 2.24) is 15.2 Å². The van der Waals surface area contributed by atoms with Gasteiger partial charge < -0.3 is 15.3 Å². The highest BCUT2D eigenvalue weighted by molar-refractivity contribution is 5.73. The fourth-order valence-corrected chi connectivity index (χ4v) is 1.40. The second-order valence-electron chi connectivity index (χ2n) is 3.94. The van der Waals surface area contributed by atoms with Gasteiger partial charge in [-0.1, -0.05) is 0 Å². The molecule has 6 nitrogen and oxygen atoms in total. The van der Waals surface area contributed by atoms with Crippen LogP contribution in [0.25, 0.3) is 0 Å². The van der Waals surface area contributed by atoms with Crippen molar-refractivity contribution in [1.29, 1.82) is 0 Å². The first-order valence-corrected chi connectivity index (χ1v) is 5.69. The highest BCUT2D eigenvalue weighted by atomic mass is 16.4. The van der Waals surface area contributed by atoms with Gasteiger partial charge in [0.05, 0.1) is 0 Å². The monoisotopic (exact) mass is 251 g/mol. The molecule has 2 N–H and O–H groups in total. The number of carbonyl (C=O) groups excluding carboxylic acids is 1. The summed E-state index contributed by atoms with van der Waals surface area (Å²) in [6.07, 6.45) is 3.85. The van der Waals surface area contributed by atoms with Gasteiger partial charge in [0.15, 0.2) is 0 Å². The molecule has 0 atom stereocenters. The zero-order valence-corrected chi connectivity index (χ0v) is 10.3. The van der Waals surface area contributed by atoms with Crippen LogP contribution in [0.15, 0.2) is 24.5 Å². The van der Waals surface area contributed by atoms with Crippen molar-refractivity contribution < 1.29 is 14.7 Å². The van der Waals surface area contributed by atoms with Gasteiger partial charge in [-0.15, -0.1) is 0 Å². The number of aromatic nitrogens is 1.